The van der Waals surface area contributed by atoms with Crippen molar-refractivity contribution in [1.29, 1.82) is 0 Å². The summed E-state index contributed by atoms with van der Waals surface area (Å²) in [6, 6.07) is 2.72. The lowest BCUT2D eigenvalue weighted by molar-refractivity contribution is 0.415. The number of H-pyrrole nitrogens is 1. The minimum atomic E-state index is 0.673. The molecule has 0 spiro atoms. The van der Waals surface area contributed by atoms with E-state index < -0.39 is 0 Å². The van der Waals surface area contributed by atoms with Gasteiger partial charge in [-0.2, -0.15) is 5.10 Å². The van der Waals surface area contributed by atoms with Gasteiger partial charge in [-0.25, -0.2) is 0 Å². The number of hydrogen-bond donors (Lipinski definition) is 2. The van der Waals surface area contributed by atoms with Gasteiger partial charge < -0.3 is 5.32 Å². The van der Waals surface area contributed by atoms with Crippen molar-refractivity contribution >= 4 is 0 Å². The van der Waals surface area contributed by atoms with E-state index in [2.05, 4.69) is 29.4 Å². The highest BCUT2D eigenvalue weighted by Gasteiger charge is 2.07. The second-order valence-corrected chi connectivity index (χ2v) is 5.15. The Kier molecular flexibility index (Phi) is 8.57. The molecule has 1 rings (SSSR count). The zero-order valence-electron chi connectivity index (χ0n) is 12.0. The van der Waals surface area contributed by atoms with Gasteiger partial charge in [0.05, 0.1) is 0 Å². The Hall–Kier alpha value is -0.830. The minimum absolute atomic E-state index is 0.673. The highest BCUT2D eigenvalue weighted by atomic mass is 15.1. The van der Waals surface area contributed by atoms with Gasteiger partial charge in [0.1, 0.15) is 0 Å². The number of hydrogen-bond acceptors (Lipinski definition) is 2. The zero-order chi connectivity index (χ0) is 13.1. The lowest BCUT2D eigenvalue weighted by Gasteiger charge is -2.18. The molecule has 3 heteroatoms. The molecule has 1 heterocycles. The van der Waals surface area contributed by atoms with Gasteiger partial charge in [0.15, 0.2) is 0 Å². The Labute approximate surface area is 112 Å². The third-order valence-electron chi connectivity index (χ3n) is 3.45. The van der Waals surface area contributed by atoms with Crippen LogP contribution in [0, 0.1) is 0 Å². The molecule has 104 valence electrons. The van der Waals surface area contributed by atoms with Crippen LogP contribution in [0.5, 0.6) is 0 Å². The summed E-state index contributed by atoms with van der Waals surface area (Å²) in [5.74, 6) is 0. The Morgan fingerprint density at radius 2 is 1.78 bits per heavy atom. The molecule has 0 unspecified atom stereocenters. The van der Waals surface area contributed by atoms with Crippen LogP contribution in [0.25, 0.3) is 0 Å². The van der Waals surface area contributed by atoms with Crippen LogP contribution < -0.4 is 5.32 Å². The van der Waals surface area contributed by atoms with Crippen LogP contribution in [-0.4, -0.2) is 16.2 Å². The number of aromatic amines is 1. The molecule has 0 aromatic carbocycles. The first kappa shape index (κ1) is 15.2. The third-order valence-corrected chi connectivity index (χ3v) is 3.45. The summed E-state index contributed by atoms with van der Waals surface area (Å²) in [4.78, 5) is 0. The second-order valence-electron chi connectivity index (χ2n) is 5.15. The molecule has 18 heavy (non-hydrogen) atoms. The fourth-order valence-electron chi connectivity index (χ4n) is 2.27. The summed E-state index contributed by atoms with van der Waals surface area (Å²) in [6.07, 6.45) is 12.5. The summed E-state index contributed by atoms with van der Waals surface area (Å²) < 4.78 is 0. The van der Waals surface area contributed by atoms with Crippen LogP contribution in [0.15, 0.2) is 12.3 Å². The summed E-state index contributed by atoms with van der Waals surface area (Å²) in [5.41, 5.74) is 1.19. The predicted molar refractivity (Wildman–Crippen MR) is 77.5 cm³/mol. The number of nitrogens with zero attached hydrogens (tertiary/aromatic N) is 1. The Morgan fingerprint density at radius 3 is 2.28 bits per heavy atom. The van der Waals surface area contributed by atoms with Crippen LogP contribution >= 0.6 is 0 Å². The molecule has 0 saturated heterocycles. The molecule has 3 nitrogen and oxygen atoms in total. The summed E-state index contributed by atoms with van der Waals surface area (Å²) >= 11 is 0. The Bertz CT molecular complexity index is 259. The summed E-state index contributed by atoms with van der Waals surface area (Å²) in [6.45, 7) is 5.46. The standard InChI is InChI=1S/C15H29N3/c1-3-5-7-9-14(10-8-6-4-2)16-13-15-11-12-17-18-15/h11-12,14,16H,3-10,13H2,1-2H3,(H,17,18). The van der Waals surface area contributed by atoms with Crippen molar-refractivity contribution in [3.05, 3.63) is 18.0 Å². The van der Waals surface area contributed by atoms with Gasteiger partial charge in [0.25, 0.3) is 0 Å². The van der Waals surface area contributed by atoms with E-state index in [1.807, 2.05) is 12.3 Å². The number of unbranched alkanes of at least 4 members (excludes halogenated alkanes) is 4. The first-order chi connectivity index (χ1) is 8.86. The van der Waals surface area contributed by atoms with Crippen molar-refractivity contribution < 1.29 is 0 Å². The first-order valence-corrected chi connectivity index (χ1v) is 7.58. The van der Waals surface area contributed by atoms with E-state index >= 15 is 0 Å². The van der Waals surface area contributed by atoms with Gasteiger partial charge >= 0.3 is 0 Å². The van der Waals surface area contributed by atoms with Gasteiger partial charge in [0, 0.05) is 24.5 Å². The fraction of sp³-hybridized carbons (Fsp3) is 0.800. The molecule has 1 aromatic heterocycles. The maximum absolute atomic E-state index is 3.99. The van der Waals surface area contributed by atoms with Crippen molar-refractivity contribution in [2.75, 3.05) is 0 Å². The van der Waals surface area contributed by atoms with Crippen molar-refractivity contribution in [2.45, 2.75) is 77.8 Å². The van der Waals surface area contributed by atoms with Gasteiger partial charge in [-0.15, -0.1) is 0 Å². The number of rotatable bonds is 11. The Balaban J connectivity index is 2.23. The van der Waals surface area contributed by atoms with Gasteiger partial charge in [0.2, 0.25) is 0 Å². The topological polar surface area (TPSA) is 40.7 Å². The van der Waals surface area contributed by atoms with Crippen molar-refractivity contribution in [2.24, 2.45) is 0 Å². The van der Waals surface area contributed by atoms with E-state index in [0.29, 0.717) is 6.04 Å². The van der Waals surface area contributed by atoms with Crippen LogP contribution in [0.4, 0.5) is 0 Å². The molecular formula is C15H29N3. The maximum Gasteiger partial charge on any atom is 0.0490 e. The van der Waals surface area contributed by atoms with E-state index in [-0.39, 0.29) is 0 Å². The SMILES string of the molecule is CCCCCC(CCCCC)NCc1ccn[nH]1. The van der Waals surface area contributed by atoms with Crippen molar-refractivity contribution in [3.8, 4) is 0 Å². The molecular weight excluding hydrogens is 222 g/mol. The smallest absolute Gasteiger partial charge is 0.0490 e. The molecule has 0 aliphatic carbocycles. The molecule has 0 aliphatic rings. The van der Waals surface area contributed by atoms with E-state index in [4.69, 9.17) is 0 Å². The van der Waals surface area contributed by atoms with E-state index in [0.717, 1.165) is 6.54 Å². The molecule has 0 aliphatic heterocycles. The predicted octanol–water partition coefficient (Wildman–Crippen LogP) is 4.03. The van der Waals surface area contributed by atoms with E-state index in [1.54, 1.807) is 0 Å². The molecule has 0 bridgehead atoms. The molecule has 0 fully saturated rings. The lowest BCUT2D eigenvalue weighted by atomic mass is 10.0. The zero-order valence-corrected chi connectivity index (χ0v) is 12.0. The molecule has 0 radical (unpaired) electrons. The van der Waals surface area contributed by atoms with Crippen LogP contribution in [0.3, 0.4) is 0 Å². The number of aromatic nitrogens is 2. The molecule has 1 aromatic rings. The maximum atomic E-state index is 3.99. The van der Waals surface area contributed by atoms with E-state index in [1.165, 1.54) is 57.1 Å². The van der Waals surface area contributed by atoms with Gasteiger partial charge in [-0.3, -0.25) is 5.10 Å². The monoisotopic (exact) mass is 251 g/mol. The quantitative estimate of drug-likeness (QED) is 0.583. The fourth-order valence-corrected chi connectivity index (χ4v) is 2.27. The minimum Gasteiger partial charge on any atom is -0.308 e. The molecule has 0 saturated carbocycles. The Morgan fingerprint density at radius 1 is 1.11 bits per heavy atom. The highest BCUT2D eigenvalue weighted by molar-refractivity contribution is 4.96. The highest BCUT2D eigenvalue weighted by Crippen LogP contribution is 2.11. The van der Waals surface area contributed by atoms with Crippen LogP contribution in [0.1, 0.15) is 70.9 Å². The third kappa shape index (κ3) is 6.80. The average molecular weight is 251 g/mol. The van der Waals surface area contributed by atoms with E-state index in [9.17, 15) is 0 Å². The molecule has 0 amide bonds. The van der Waals surface area contributed by atoms with Gasteiger partial charge in [-0.05, 0) is 18.9 Å². The summed E-state index contributed by atoms with van der Waals surface area (Å²) in [7, 11) is 0. The molecule has 0 atom stereocenters. The van der Waals surface area contributed by atoms with Crippen LogP contribution in [-0.2, 0) is 6.54 Å². The summed E-state index contributed by atoms with van der Waals surface area (Å²) in [5, 5.41) is 10.7. The molecule has 2 N–H and O–H groups in total. The van der Waals surface area contributed by atoms with Crippen molar-refractivity contribution in [1.82, 2.24) is 15.5 Å². The van der Waals surface area contributed by atoms with Crippen molar-refractivity contribution in [3.63, 3.8) is 0 Å². The second kappa shape index (κ2) is 10.1. The number of nitrogens with one attached hydrogen (secondary N) is 2. The van der Waals surface area contributed by atoms with Crippen LogP contribution in [0.2, 0.25) is 0 Å². The average Bonchev–Trinajstić information content (AvgIpc) is 2.89. The normalized spacial score (nSPS) is 11.3. The first-order valence-electron chi connectivity index (χ1n) is 7.58. The van der Waals surface area contributed by atoms with Gasteiger partial charge in [-0.1, -0.05) is 52.4 Å². The lowest BCUT2D eigenvalue weighted by Crippen LogP contribution is -2.28. The largest absolute Gasteiger partial charge is 0.308 e.